The van der Waals surface area contributed by atoms with Gasteiger partial charge in [0.1, 0.15) is 6.54 Å². The molecule has 158 valence electrons. The number of hydrogen-bond donors (Lipinski definition) is 0. The molecule has 0 saturated carbocycles. The Morgan fingerprint density at radius 1 is 0.778 bits per heavy atom. The monoisotopic (exact) mass is 436 g/mol. The Kier molecular flexibility index (Phi) is 25.7. The summed E-state index contributed by atoms with van der Waals surface area (Å²) in [5.41, 5.74) is 1.46. The van der Waals surface area contributed by atoms with Gasteiger partial charge in [0, 0.05) is 5.56 Å². The molecule has 0 aliphatic heterocycles. The molecule has 0 heterocycles. The molecule has 0 aliphatic carbocycles. The van der Waals surface area contributed by atoms with E-state index in [-0.39, 0.29) is 18.6 Å². The van der Waals surface area contributed by atoms with Gasteiger partial charge in [-0.1, -0.05) is 88.6 Å². The molecule has 0 spiro atoms. The van der Waals surface area contributed by atoms with Crippen LogP contribution in [-0.4, -0.2) is 25.1 Å². The maximum absolute atomic E-state index is 8.50. The van der Waals surface area contributed by atoms with E-state index in [1.54, 1.807) is 0 Å². The molecule has 2 N–H and O–H groups in total. The molecule has 0 aliphatic rings. The van der Waals surface area contributed by atoms with E-state index in [9.17, 15) is 0 Å². The molecule has 0 unspecified atom stereocenters. The molecule has 1 aromatic rings. The SMILES string of the molecule is CCCCCCCCCCCC[N+](C)(C)Cc1ccccc1.Cl.[NH2-].[O]=[Ti]=[O]. The van der Waals surface area contributed by atoms with E-state index in [0.29, 0.717) is 0 Å². The first kappa shape index (κ1) is 31.4. The van der Waals surface area contributed by atoms with Gasteiger partial charge < -0.3 is 10.6 Å². The van der Waals surface area contributed by atoms with Crippen LogP contribution < -0.4 is 0 Å². The topological polar surface area (TPSA) is 67.6 Å². The Hall–Kier alpha value is -0.256. The molecule has 27 heavy (non-hydrogen) atoms. The second kappa shape index (κ2) is 22.0. The van der Waals surface area contributed by atoms with E-state index in [0.717, 1.165) is 11.0 Å². The van der Waals surface area contributed by atoms with Gasteiger partial charge in [0.2, 0.25) is 0 Å². The average molecular weight is 437 g/mol. The zero-order valence-electron chi connectivity index (χ0n) is 17.6. The van der Waals surface area contributed by atoms with E-state index >= 15 is 0 Å². The van der Waals surface area contributed by atoms with Crippen LogP contribution in [0.15, 0.2) is 30.3 Å². The van der Waals surface area contributed by atoms with Crippen LogP contribution in [0.2, 0.25) is 0 Å². The number of nitrogens with zero attached hydrogens (tertiary/aromatic N) is 1. The summed E-state index contributed by atoms with van der Waals surface area (Å²) >= 11 is -2.00. The average Bonchev–Trinajstić information content (AvgIpc) is 2.58. The van der Waals surface area contributed by atoms with Crippen LogP contribution in [0.5, 0.6) is 0 Å². The third kappa shape index (κ3) is 21.9. The number of quaternary nitrogens is 1. The third-order valence-corrected chi connectivity index (χ3v) is 4.57. The zero-order chi connectivity index (χ0) is 18.8. The van der Waals surface area contributed by atoms with Crippen molar-refractivity contribution in [1.82, 2.24) is 0 Å². The van der Waals surface area contributed by atoms with Crippen molar-refractivity contribution < 1.29 is 30.2 Å². The molecular weight excluding hydrogens is 396 g/mol. The first-order valence-corrected chi connectivity index (χ1v) is 11.2. The van der Waals surface area contributed by atoms with Crippen molar-refractivity contribution in [2.75, 3.05) is 20.6 Å². The van der Waals surface area contributed by atoms with Crippen molar-refractivity contribution in [3.63, 3.8) is 0 Å². The van der Waals surface area contributed by atoms with E-state index < -0.39 is 19.1 Å². The second-order valence-electron chi connectivity index (χ2n) is 7.57. The second-order valence-corrected chi connectivity index (χ2v) is 7.83. The molecule has 6 heteroatoms. The Morgan fingerprint density at radius 2 is 1.19 bits per heavy atom. The predicted octanol–water partition coefficient (Wildman–Crippen LogP) is 7.08. The molecule has 4 nitrogen and oxygen atoms in total. The summed E-state index contributed by atoms with van der Waals surface area (Å²) < 4.78 is 18.1. The van der Waals surface area contributed by atoms with Gasteiger partial charge in [-0.15, -0.1) is 12.4 Å². The van der Waals surface area contributed by atoms with Gasteiger partial charge in [0.25, 0.3) is 0 Å². The molecule has 0 saturated heterocycles. The van der Waals surface area contributed by atoms with Crippen LogP contribution >= 0.6 is 12.4 Å². The van der Waals surface area contributed by atoms with Crippen LogP contribution in [0.4, 0.5) is 0 Å². The van der Waals surface area contributed by atoms with E-state index in [4.69, 9.17) is 6.65 Å². The summed E-state index contributed by atoms with van der Waals surface area (Å²) in [6, 6.07) is 10.9. The Labute approximate surface area is 182 Å². The molecule has 0 fully saturated rings. The number of benzene rings is 1. The van der Waals surface area contributed by atoms with Crippen LogP contribution in [-0.2, 0) is 32.3 Å². The van der Waals surface area contributed by atoms with Crippen molar-refractivity contribution in [3.8, 4) is 0 Å². The van der Waals surface area contributed by atoms with Gasteiger partial charge >= 0.3 is 25.7 Å². The van der Waals surface area contributed by atoms with Crippen LogP contribution in [0.3, 0.4) is 0 Å². The minimum atomic E-state index is -2.00. The van der Waals surface area contributed by atoms with Gasteiger partial charge in [-0.05, 0) is 12.8 Å². The summed E-state index contributed by atoms with van der Waals surface area (Å²) in [4.78, 5) is 0. The molecule has 0 bridgehead atoms. The number of unbranched alkanes of at least 4 members (excludes halogenated alkanes) is 9. The summed E-state index contributed by atoms with van der Waals surface area (Å²) in [6.45, 7) is 4.74. The standard InChI is InChI=1S/C21H38N.ClH.H2N.2O.Ti/c1-4-5-6-7-8-9-10-11-12-16-19-22(2,3)20-21-17-14-13-15-18-21;;;;;/h13-15,17-18H,4-12,16,19-20H2,1-3H3;1H;1H2;;;/q+1;;-1;;;. The molecule has 0 radical (unpaired) electrons. The van der Waals surface area contributed by atoms with Crippen molar-refractivity contribution in [2.24, 2.45) is 0 Å². The summed E-state index contributed by atoms with van der Waals surface area (Å²) in [6.07, 6.45) is 14.2. The number of hydrogen-bond acceptors (Lipinski definition) is 2. The summed E-state index contributed by atoms with van der Waals surface area (Å²) in [7, 11) is 4.72. The number of rotatable bonds is 13. The van der Waals surface area contributed by atoms with E-state index in [1.807, 2.05) is 0 Å². The normalized spacial score (nSPS) is 9.89. The van der Waals surface area contributed by atoms with Gasteiger partial charge in [-0.3, -0.25) is 0 Å². The first-order chi connectivity index (χ1) is 12.1. The molecule has 0 amide bonds. The molecule has 0 atom stereocenters. The molecule has 1 aromatic carbocycles. The molecular formula is C21H41ClN2O2Ti. The van der Waals surface area contributed by atoms with Gasteiger partial charge in [0.15, 0.2) is 0 Å². The quantitative estimate of drug-likeness (QED) is 0.188. The van der Waals surface area contributed by atoms with E-state index in [2.05, 4.69) is 51.4 Å². The van der Waals surface area contributed by atoms with Gasteiger partial charge in [0.05, 0.1) is 20.6 Å². The fourth-order valence-electron chi connectivity index (χ4n) is 3.18. The Morgan fingerprint density at radius 3 is 1.63 bits per heavy atom. The first-order valence-electron chi connectivity index (χ1n) is 9.91. The minimum absolute atomic E-state index is 0. The van der Waals surface area contributed by atoms with Crippen LogP contribution in [0.1, 0.15) is 76.7 Å². The van der Waals surface area contributed by atoms with Gasteiger partial charge in [-0.2, -0.15) is 0 Å². The number of nitrogens with two attached hydrogens (primary N) is 1. The maximum atomic E-state index is 8.50. The van der Waals surface area contributed by atoms with E-state index in [1.165, 1.54) is 76.3 Å². The van der Waals surface area contributed by atoms with Crippen molar-refractivity contribution in [2.45, 2.75) is 77.7 Å². The fraction of sp³-hybridized carbons (Fsp3) is 0.714. The van der Waals surface area contributed by atoms with Crippen LogP contribution in [0.25, 0.3) is 6.15 Å². The van der Waals surface area contributed by atoms with Crippen molar-refractivity contribution in [3.05, 3.63) is 42.0 Å². The fourth-order valence-corrected chi connectivity index (χ4v) is 3.18. The Bertz CT molecular complexity index is 453. The zero-order valence-corrected chi connectivity index (χ0v) is 20.0. The summed E-state index contributed by atoms with van der Waals surface area (Å²) in [5.74, 6) is 0. The Balaban J connectivity index is -0.00000108. The van der Waals surface area contributed by atoms with Crippen molar-refractivity contribution >= 4 is 12.4 Å². The van der Waals surface area contributed by atoms with Crippen molar-refractivity contribution in [1.29, 1.82) is 0 Å². The molecule has 1 rings (SSSR count). The van der Waals surface area contributed by atoms with Crippen LogP contribution in [0, 0.1) is 0 Å². The predicted molar refractivity (Wildman–Crippen MR) is 113 cm³/mol. The number of halogens is 1. The molecule has 0 aromatic heterocycles. The van der Waals surface area contributed by atoms with Gasteiger partial charge in [-0.25, -0.2) is 0 Å². The summed E-state index contributed by atoms with van der Waals surface area (Å²) in [5, 5.41) is 0. The third-order valence-electron chi connectivity index (χ3n) is 4.57.